The number of hydrogen-bond donors (Lipinski definition) is 2. The van der Waals surface area contributed by atoms with Gasteiger partial charge >= 0.3 is 5.97 Å². The molecule has 194 valence electrons. The Bertz CT molecular complexity index is 1770. The Kier molecular flexibility index (Phi) is 8.23. The molecule has 0 fully saturated rings. The molecule has 6 nitrogen and oxygen atoms in total. The van der Waals surface area contributed by atoms with Crippen LogP contribution in [0.5, 0.6) is 5.75 Å². The molecule has 1 heterocycles. The zero-order chi connectivity index (χ0) is 27.5. The van der Waals surface area contributed by atoms with E-state index in [4.69, 9.17) is 39.5 Å². The van der Waals surface area contributed by atoms with E-state index < -0.39 is 11.9 Å². The highest BCUT2D eigenvalue weighted by Gasteiger charge is 2.21. The number of carbonyl (C=O) groups is 2. The molecule has 5 rings (SSSR count). The molecule has 1 aromatic heterocycles. The monoisotopic (exact) mass is 687 g/mol. The first kappa shape index (κ1) is 27.2. The van der Waals surface area contributed by atoms with Gasteiger partial charge in [0.25, 0.3) is 5.91 Å². The van der Waals surface area contributed by atoms with Gasteiger partial charge in [-0.05, 0) is 77.2 Å². The fourth-order valence-electron chi connectivity index (χ4n) is 3.98. The van der Waals surface area contributed by atoms with Crippen molar-refractivity contribution >= 4 is 86.4 Å². The molecule has 2 N–H and O–H groups in total. The highest BCUT2D eigenvalue weighted by molar-refractivity contribution is 14.1. The van der Waals surface area contributed by atoms with Crippen molar-refractivity contribution in [3.63, 3.8) is 0 Å². The summed E-state index contributed by atoms with van der Waals surface area (Å²) in [7, 11) is 0. The third-order valence-corrected chi connectivity index (χ3v) is 7.32. The van der Waals surface area contributed by atoms with Crippen molar-refractivity contribution in [3.8, 4) is 16.9 Å². The van der Waals surface area contributed by atoms with E-state index in [1.54, 1.807) is 36.4 Å². The summed E-state index contributed by atoms with van der Waals surface area (Å²) in [4.78, 5) is 29.2. The molecule has 0 atom stereocenters. The summed E-state index contributed by atoms with van der Waals surface area (Å²) in [5.41, 5.74) is 5.70. The standard InChI is InChI=1S/C29H17Cl3IN3O3/c30-17-9-11-20(23(32)13-17)29(38)39-25-8-4-1-5-16(25)15-34-36-28(37)27-26(19-6-2-3-7-22(19)31)21-14-18(33)10-12-24(21)35-27/h1-15,35H,(H,36,37). The second kappa shape index (κ2) is 11.8. The van der Waals surface area contributed by atoms with Crippen molar-refractivity contribution in [1.82, 2.24) is 10.4 Å². The number of esters is 1. The van der Waals surface area contributed by atoms with E-state index in [0.29, 0.717) is 26.9 Å². The number of nitrogens with one attached hydrogen (secondary N) is 2. The number of H-pyrrole nitrogens is 1. The number of rotatable bonds is 6. The number of aromatic amines is 1. The number of fused-ring (bicyclic) bond motifs is 1. The van der Waals surface area contributed by atoms with Crippen LogP contribution in [0.4, 0.5) is 0 Å². The number of hydrogen-bond acceptors (Lipinski definition) is 4. The predicted molar refractivity (Wildman–Crippen MR) is 164 cm³/mol. The molecule has 0 radical (unpaired) electrons. The van der Waals surface area contributed by atoms with E-state index in [1.165, 1.54) is 18.3 Å². The van der Waals surface area contributed by atoms with E-state index in [9.17, 15) is 9.59 Å². The molecule has 0 saturated heterocycles. The molecule has 0 bridgehead atoms. The number of amides is 1. The first-order valence-corrected chi connectivity index (χ1v) is 13.7. The molecule has 10 heteroatoms. The van der Waals surface area contributed by atoms with E-state index in [0.717, 1.165) is 20.0 Å². The Balaban J connectivity index is 1.41. The van der Waals surface area contributed by atoms with Crippen LogP contribution >= 0.6 is 57.4 Å². The first-order chi connectivity index (χ1) is 18.8. The topological polar surface area (TPSA) is 83.5 Å². The van der Waals surface area contributed by atoms with Crippen LogP contribution in [-0.4, -0.2) is 23.1 Å². The number of para-hydroxylation sites is 1. The molecule has 5 aromatic rings. The molecule has 0 aliphatic heterocycles. The third-order valence-electron chi connectivity index (χ3n) is 5.77. The maximum atomic E-state index is 13.3. The van der Waals surface area contributed by atoms with Crippen molar-refractivity contribution in [2.45, 2.75) is 0 Å². The quantitative estimate of drug-likeness (QED) is 0.0618. The molecule has 39 heavy (non-hydrogen) atoms. The van der Waals surface area contributed by atoms with E-state index in [2.05, 4.69) is 38.1 Å². The molecule has 4 aromatic carbocycles. The van der Waals surface area contributed by atoms with Gasteiger partial charge in [-0.2, -0.15) is 5.10 Å². The molecule has 0 aliphatic rings. The minimum Gasteiger partial charge on any atom is -0.422 e. The number of benzene rings is 4. The summed E-state index contributed by atoms with van der Waals surface area (Å²) in [5.74, 6) is -0.878. The lowest BCUT2D eigenvalue weighted by molar-refractivity contribution is 0.0734. The van der Waals surface area contributed by atoms with Gasteiger partial charge in [0, 0.05) is 41.2 Å². The Morgan fingerprint density at radius 2 is 1.67 bits per heavy atom. The highest BCUT2D eigenvalue weighted by Crippen LogP contribution is 2.37. The van der Waals surface area contributed by atoms with Gasteiger partial charge in [-0.15, -0.1) is 0 Å². The Morgan fingerprint density at radius 1 is 0.897 bits per heavy atom. The number of hydrazone groups is 1. The van der Waals surface area contributed by atoms with Crippen molar-refractivity contribution in [2.24, 2.45) is 5.10 Å². The smallest absolute Gasteiger partial charge is 0.345 e. The second-order valence-electron chi connectivity index (χ2n) is 8.30. The SMILES string of the molecule is O=C(Oc1ccccc1C=NNC(=O)c1[nH]c2ccc(I)cc2c1-c1ccccc1Cl)c1ccc(Cl)cc1Cl. The Hall–Kier alpha value is -3.37. The second-order valence-corrected chi connectivity index (χ2v) is 10.8. The summed E-state index contributed by atoms with van der Waals surface area (Å²) in [6, 6.07) is 24.5. The van der Waals surface area contributed by atoms with Crippen molar-refractivity contribution < 1.29 is 14.3 Å². The van der Waals surface area contributed by atoms with Crippen LogP contribution in [0.1, 0.15) is 26.4 Å². The molecular formula is C29H17Cl3IN3O3. The lowest BCUT2D eigenvalue weighted by Crippen LogP contribution is -2.19. The first-order valence-electron chi connectivity index (χ1n) is 11.5. The average Bonchev–Trinajstić information content (AvgIpc) is 3.28. The fourth-order valence-corrected chi connectivity index (χ4v) is 5.19. The zero-order valence-electron chi connectivity index (χ0n) is 19.8. The van der Waals surface area contributed by atoms with Crippen LogP contribution in [0, 0.1) is 3.57 Å². The lowest BCUT2D eigenvalue weighted by atomic mass is 10.0. The number of nitrogens with zero attached hydrogens (tertiary/aromatic N) is 1. The normalized spacial score (nSPS) is 11.2. The van der Waals surface area contributed by atoms with Crippen LogP contribution in [0.2, 0.25) is 15.1 Å². The molecule has 0 unspecified atom stereocenters. The van der Waals surface area contributed by atoms with Gasteiger partial charge in [0.1, 0.15) is 11.4 Å². The summed E-state index contributed by atoms with van der Waals surface area (Å²) >= 11 is 20.8. The van der Waals surface area contributed by atoms with Gasteiger partial charge < -0.3 is 9.72 Å². The van der Waals surface area contributed by atoms with E-state index >= 15 is 0 Å². The van der Waals surface area contributed by atoms with Crippen molar-refractivity contribution in [2.75, 3.05) is 0 Å². The van der Waals surface area contributed by atoms with Gasteiger partial charge in [0.05, 0.1) is 16.8 Å². The number of halogens is 4. The van der Waals surface area contributed by atoms with Crippen LogP contribution in [-0.2, 0) is 0 Å². The Morgan fingerprint density at radius 3 is 2.46 bits per heavy atom. The van der Waals surface area contributed by atoms with Gasteiger partial charge in [0.15, 0.2) is 0 Å². The van der Waals surface area contributed by atoms with Gasteiger partial charge in [-0.1, -0.05) is 65.1 Å². The van der Waals surface area contributed by atoms with Crippen molar-refractivity contribution in [3.05, 3.63) is 120 Å². The largest absolute Gasteiger partial charge is 0.422 e. The number of ether oxygens (including phenoxy) is 1. The summed E-state index contributed by atoms with van der Waals surface area (Å²) < 4.78 is 6.56. The van der Waals surface area contributed by atoms with E-state index in [1.807, 2.05) is 36.4 Å². The van der Waals surface area contributed by atoms with Gasteiger partial charge in [0.2, 0.25) is 0 Å². The van der Waals surface area contributed by atoms with Crippen LogP contribution in [0.15, 0.2) is 90.0 Å². The number of carbonyl (C=O) groups excluding carboxylic acids is 2. The summed E-state index contributed by atoms with van der Waals surface area (Å²) in [6.45, 7) is 0. The molecular weight excluding hydrogens is 672 g/mol. The Labute approximate surface area is 252 Å². The number of aromatic nitrogens is 1. The zero-order valence-corrected chi connectivity index (χ0v) is 24.3. The van der Waals surface area contributed by atoms with Gasteiger partial charge in [-0.3, -0.25) is 4.79 Å². The molecule has 1 amide bonds. The van der Waals surface area contributed by atoms with Gasteiger partial charge in [-0.25, -0.2) is 10.2 Å². The third kappa shape index (κ3) is 5.96. The van der Waals surface area contributed by atoms with Crippen LogP contribution < -0.4 is 10.2 Å². The fraction of sp³-hybridized carbons (Fsp3) is 0. The molecule has 0 spiro atoms. The molecule has 0 aliphatic carbocycles. The van der Waals surface area contributed by atoms with Crippen molar-refractivity contribution in [1.29, 1.82) is 0 Å². The van der Waals surface area contributed by atoms with E-state index in [-0.39, 0.29) is 16.3 Å². The maximum Gasteiger partial charge on any atom is 0.345 e. The minimum absolute atomic E-state index is 0.168. The van der Waals surface area contributed by atoms with Crippen LogP contribution in [0.3, 0.4) is 0 Å². The highest BCUT2D eigenvalue weighted by atomic mass is 127. The van der Waals surface area contributed by atoms with Crippen LogP contribution in [0.25, 0.3) is 22.0 Å². The molecule has 0 saturated carbocycles. The lowest BCUT2D eigenvalue weighted by Gasteiger charge is -2.09. The summed E-state index contributed by atoms with van der Waals surface area (Å²) in [5, 5.41) is 6.08. The summed E-state index contributed by atoms with van der Waals surface area (Å²) in [6.07, 6.45) is 1.39. The maximum absolute atomic E-state index is 13.3. The minimum atomic E-state index is -0.654. The predicted octanol–water partition coefficient (Wildman–Crippen LogP) is 8.38. The average molecular weight is 689 g/mol.